The maximum absolute atomic E-state index is 10.7. The Balaban J connectivity index is 1.72. The smallest absolute Gasteiger partial charge is 0.119 e. The summed E-state index contributed by atoms with van der Waals surface area (Å²) < 4.78 is 11.0. The Hall–Kier alpha value is -3.50. The van der Waals surface area contributed by atoms with E-state index in [9.17, 15) is 15.3 Å². The maximum Gasteiger partial charge on any atom is 0.119 e. The lowest BCUT2D eigenvalue weighted by Gasteiger charge is -2.14. The Morgan fingerprint density at radius 1 is 0.844 bits per heavy atom. The fourth-order valence-corrected chi connectivity index (χ4v) is 3.17. The first kappa shape index (κ1) is 23.2. The molecule has 0 unspecified atom stereocenters. The topological polar surface area (TPSA) is 79.2 Å². The summed E-state index contributed by atoms with van der Waals surface area (Å²) in [6.07, 6.45) is 0.995. The van der Waals surface area contributed by atoms with E-state index in [4.69, 9.17) is 9.47 Å². The first-order valence-electron chi connectivity index (χ1n) is 10.4. The number of aromatic hydroxyl groups is 1. The quantitative estimate of drug-likeness (QED) is 0.388. The standard InChI is InChI=1S/C27H28O5/c1-31-24-16-12-22(13-17-24)27(30)18-20(19-32-25-7-3-2-4-8-25)6-5-9-26(29)21-10-14-23(28)15-11-21/h2-5,7-8,10-17,26-30H,9,18-19H2,1H3/t6?,26-,27-/m1/s1. The number of hydrogen-bond acceptors (Lipinski definition) is 5. The van der Waals surface area contributed by atoms with Crippen LogP contribution in [0.4, 0.5) is 0 Å². The number of aliphatic hydroxyl groups excluding tert-OH is 2. The summed E-state index contributed by atoms with van der Waals surface area (Å²) in [6, 6.07) is 23.2. The molecule has 0 radical (unpaired) electrons. The van der Waals surface area contributed by atoms with Gasteiger partial charge in [0.2, 0.25) is 0 Å². The van der Waals surface area contributed by atoms with E-state index in [1.165, 1.54) is 0 Å². The lowest BCUT2D eigenvalue weighted by atomic mass is 10.0. The molecule has 0 heterocycles. The number of aliphatic hydroxyl groups is 2. The third-order valence-electron chi connectivity index (χ3n) is 5.02. The number of methoxy groups -OCH3 is 1. The summed E-state index contributed by atoms with van der Waals surface area (Å²) in [5, 5.41) is 30.5. The lowest BCUT2D eigenvalue weighted by Crippen LogP contribution is -2.06. The van der Waals surface area contributed by atoms with Crippen LogP contribution in [0.5, 0.6) is 17.2 Å². The molecular weight excluding hydrogens is 404 g/mol. The minimum Gasteiger partial charge on any atom is -0.508 e. The van der Waals surface area contributed by atoms with Crippen LogP contribution in [0.2, 0.25) is 0 Å². The average molecular weight is 433 g/mol. The summed E-state index contributed by atoms with van der Waals surface area (Å²) in [7, 11) is 1.60. The van der Waals surface area contributed by atoms with Crippen molar-refractivity contribution >= 4 is 0 Å². The predicted molar refractivity (Wildman–Crippen MR) is 124 cm³/mol. The van der Waals surface area contributed by atoms with E-state index in [1.54, 1.807) is 37.5 Å². The molecular formula is C27H28O5. The van der Waals surface area contributed by atoms with Gasteiger partial charge in [-0.15, -0.1) is 5.73 Å². The highest BCUT2D eigenvalue weighted by Gasteiger charge is 2.12. The minimum absolute atomic E-state index is 0.157. The molecule has 0 saturated carbocycles. The van der Waals surface area contributed by atoms with E-state index in [1.807, 2.05) is 54.6 Å². The molecule has 5 heteroatoms. The Bertz CT molecular complexity index is 1020. The fourth-order valence-electron chi connectivity index (χ4n) is 3.17. The molecule has 0 saturated heterocycles. The number of phenols is 1. The molecule has 3 rings (SSSR count). The first-order valence-corrected chi connectivity index (χ1v) is 10.4. The zero-order valence-electron chi connectivity index (χ0n) is 18.0. The largest absolute Gasteiger partial charge is 0.508 e. The Morgan fingerprint density at radius 2 is 1.47 bits per heavy atom. The zero-order valence-corrected chi connectivity index (χ0v) is 18.0. The van der Waals surface area contributed by atoms with Crippen molar-refractivity contribution in [1.82, 2.24) is 0 Å². The molecule has 0 spiro atoms. The monoisotopic (exact) mass is 432 g/mol. The van der Waals surface area contributed by atoms with Crippen LogP contribution < -0.4 is 9.47 Å². The van der Waals surface area contributed by atoms with Crippen molar-refractivity contribution in [1.29, 1.82) is 0 Å². The molecule has 0 aliphatic rings. The molecule has 0 aromatic heterocycles. The normalized spacial score (nSPS) is 12.3. The van der Waals surface area contributed by atoms with Gasteiger partial charge in [0.1, 0.15) is 23.9 Å². The van der Waals surface area contributed by atoms with Gasteiger partial charge >= 0.3 is 0 Å². The Labute approximate surface area is 188 Å². The molecule has 0 fully saturated rings. The second-order valence-electron chi connectivity index (χ2n) is 7.39. The van der Waals surface area contributed by atoms with Crippen LogP contribution in [0.1, 0.15) is 36.2 Å². The van der Waals surface area contributed by atoms with Gasteiger partial charge in [0, 0.05) is 18.4 Å². The van der Waals surface area contributed by atoms with E-state index >= 15 is 0 Å². The number of benzene rings is 3. The van der Waals surface area contributed by atoms with Crippen LogP contribution in [0.3, 0.4) is 0 Å². The van der Waals surface area contributed by atoms with Gasteiger partial charge in [0.05, 0.1) is 19.3 Å². The van der Waals surface area contributed by atoms with E-state index in [2.05, 4.69) is 5.73 Å². The van der Waals surface area contributed by atoms with Crippen LogP contribution >= 0.6 is 0 Å². The van der Waals surface area contributed by atoms with Gasteiger partial charge in [-0.1, -0.05) is 42.5 Å². The van der Waals surface area contributed by atoms with Crippen LogP contribution in [0.25, 0.3) is 0 Å². The summed E-state index contributed by atoms with van der Waals surface area (Å²) in [5.41, 5.74) is 5.45. The molecule has 3 N–H and O–H groups in total. The second kappa shape index (κ2) is 11.8. The number of rotatable bonds is 10. The summed E-state index contributed by atoms with van der Waals surface area (Å²) in [5.74, 6) is 1.62. The lowest BCUT2D eigenvalue weighted by molar-refractivity contribution is 0.173. The average Bonchev–Trinajstić information content (AvgIpc) is 2.83. The Kier molecular flexibility index (Phi) is 8.52. The van der Waals surface area contributed by atoms with Gasteiger partial charge in [-0.25, -0.2) is 0 Å². The highest BCUT2D eigenvalue weighted by Crippen LogP contribution is 2.24. The van der Waals surface area contributed by atoms with Gasteiger partial charge in [0.15, 0.2) is 0 Å². The highest BCUT2D eigenvalue weighted by molar-refractivity contribution is 5.30. The molecule has 0 amide bonds. The zero-order chi connectivity index (χ0) is 22.8. The van der Waals surface area contributed by atoms with Gasteiger partial charge in [-0.2, -0.15) is 0 Å². The summed E-state index contributed by atoms with van der Waals surface area (Å²) in [4.78, 5) is 0. The molecule has 0 aliphatic heterocycles. The van der Waals surface area contributed by atoms with Crippen molar-refractivity contribution in [2.75, 3.05) is 13.7 Å². The van der Waals surface area contributed by atoms with Crippen LogP contribution in [-0.2, 0) is 0 Å². The minimum atomic E-state index is -0.724. The second-order valence-corrected chi connectivity index (χ2v) is 7.39. The fraction of sp³-hybridized carbons (Fsp3) is 0.222. The summed E-state index contributed by atoms with van der Waals surface area (Å²) in [6.45, 7) is 0.267. The molecule has 166 valence electrons. The molecule has 3 aromatic carbocycles. The molecule has 2 atom stereocenters. The Morgan fingerprint density at radius 3 is 2.12 bits per heavy atom. The SMILES string of the molecule is COc1ccc([C@H](O)CC(=C=CC[C@@H](O)c2ccc(O)cc2)COc2ccccc2)cc1. The van der Waals surface area contributed by atoms with Crippen LogP contribution in [-0.4, -0.2) is 29.0 Å². The van der Waals surface area contributed by atoms with Gasteiger partial charge in [0.25, 0.3) is 0 Å². The highest BCUT2D eigenvalue weighted by atomic mass is 16.5. The number of para-hydroxylation sites is 1. The molecule has 0 aliphatic carbocycles. The molecule has 0 bridgehead atoms. The number of hydrogen-bond donors (Lipinski definition) is 3. The van der Waals surface area contributed by atoms with E-state index in [-0.39, 0.29) is 12.4 Å². The third kappa shape index (κ3) is 7.03. The maximum atomic E-state index is 10.7. The van der Waals surface area contributed by atoms with Crippen molar-refractivity contribution in [3.63, 3.8) is 0 Å². The van der Waals surface area contributed by atoms with Crippen molar-refractivity contribution in [3.05, 3.63) is 107 Å². The van der Waals surface area contributed by atoms with Gasteiger partial charge in [-0.05, 0) is 53.6 Å². The van der Waals surface area contributed by atoms with Crippen molar-refractivity contribution in [3.8, 4) is 17.2 Å². The third-order valence-corrected chi connectivity index (χ3v) is 5.02. The molecule has 3 aromatic rings. The van der Waals surface area contributed by atoms with Crippen LogP contribution in [0.15, 0.2) is 96.2 Å². The molecule has 5 nitrogen and oxygen atoms in total. The van der Waals surface area contributed by atoms with Gasteiger partial charge in [-0.3, -0.25) is 0 Å². The van der Waals surface area contributed by atoms with Crippen molar-refractivity contribution in [2.45, 2.75) is 25.0 Å². The predicted octanol–water partition coefficient (Wildman–Crippen LogP) is 5.11. The van der Waals surface area contributed by atoms with E-state index in [0.29, 0.717) is 18.4 Å². The van der Waals surface area contributed by atoms with Crippen molar-refractivity contribution in [2.24, 2.45) is 0 Å². The van der Waals surface area contributed by atoms with E-state index < -0.39 is 12.2 Å². The number of ether oxygens (including phenoxy) is 2. The van der Waals surface area contributed by atoms with Crippen LogP contribution in [0, 0.1) is 0 Å². The number of phenolic OH excluding ortho intramolecular Hbond substituents is 1. The van der Waals surface area contributed by atoms with Gasteiger partial charge < -0.3 is 24.8 Å². The molecule has 32 heavy (non-hydrogen) atoms. The van der Waals surface area contributed by atoms with Crippen molar-refractivity contribution < 1.29 is 24.8 Å². The first-order chi connectivity index (χ1) is 15.5. The summed E-state index contributed by atoms with van der Waals surface area (Å²) >= 11 is 0. The van der Waals surface area contributed by atoms with E-state index in [0.717, 1.165) is 22.6 Å².